The van der Waals surface area contributed by atoms with Gasteiger partial charge in [-0.1, -0.05) is 0 Å². The average molecular weight is 288 g/mol. The number of aryl methyl sites for hydroxylation is 1. The summed E-state index contributed by atoms with van der Waals surface area (Å²) in [7, 11) is 0. The van der Waals surface area contributed by atoms with Crippen LogP contribution in [0, 0.1) is 6.92 Å². The maximum Gasteiger partial charge on any atom is 0.259 e. The Labute approximate surface area is 120 Å². The van der Waals surface area contributed by atoms with Crippen molar-refractivity contribution in [3.63, 3.8) is 0 Å². The minimum atomic E-state index is -0.261. The van der Waals surface area contributed by atoms with E-state index in [9.17, 15) is 9.59 Å². The first-order chi connectivity index (χ1) is 10.1. The molecule has 2 aromatic heterocycles. The summed E-state index contributed by atoms with van der Waals surface area (Å²) in [4.78, 5) is 23.6. The van der Waals surface area contributed by atoms with Gasteiger partial charge in [-0.05, 0) is 19.8 Å². The van der Waals surface area contributed by atoms with E-state index in [-0.39, 0.29) is 18.4 Å². The Bertz CT molecular complexity index is 670. The summed E-state index contributed by atoms with van der Waals surface area (Å²) in [5.41, 5.74) is 1.72. The van der Waals surface area contributed by atoms with Crippen molar-refractivity contribution in [3.8, 4) is 0 Å². The number of nitrogens with zero attached hydrogens (tertiary/aromatic N) is 3. The van der Waals surface area contributed by atoms with Crippen molar-refractivity contribution >= 4 is 17.5 Å². The number of aromatic nitrogens is 4. The molecule has 8 nitrogen and oxygen atoms in total. The zero-order valence-corrected chi connectivity index (χ0v) is 11.6. The van der Waals surface area contributed by atoms with Crippen LogP contribution in [0.25, 0.3) is 0 Å². The first kappa shape index (κ1) is 13.3. The predicted molar refractivity (Wildman–Crippen MR) is 74.7 cm³/mol. The maximum absolute atomic E-state index is 12.0. The topological polar surface area (TPSA) is 105 Å². The molecular formula is C13H16N6O2. The summed E-state index contributed by atoms with van der Waals surface area (Å²) in [6, 6.07) is 0.330. The second-order valence-corrected chi connectivity index (χ2v) is 5.13. The molecule has 3 N–H and O–H groups in total. The fourth-order valence-corrected chi connectivity index (χ4v) is 1.94. The third-order valence-corrected chi connectivity index (χ3v) is 3.21. The second kappa shape index (κ2) is 5.39. The largest absolute Gasteiger partial charge is 0.352 e. The monoisotopic (exact) mass is 288 g/mol. The third kappa shape index (κ3) is 3.28. The van der Waals surface area contributed by atoms with Gasteiger partial charge >= 0.3 is 0 Å². The summed E-state index contributed by atoms with van der Waals surface area (Å²) in [5, 5.41) is 16.2. The number of H-pyrrole nitrogens is 1. The number of nitrogens with one attached hydrogen (secondary N) is 3. The SMILES string of the molecule is Cc1[nH]ncc1C(=O)Nc1cnn(CC(=O)NC2CC2)c1. The molecule has 0 saturated heterocycles. The second-order valence-electron chi connectivity index (χ2n) is 5.13. The summed E-state index contributed by atoms with van der Waals surface area (Å²) < 4.78 is 1.50. The molecule has 0 spiro atoms. The van der Waals surface area contributed by atoms with Gasteiger partial charge in [0.15, 0.2) is 0 Å². The van der Waals surface area contributed by atoms with Gasteiger partial charge in [-0.15, -0.1) is 0 Å². The molecule has 0 aliphatic heterocycles. The molecule has 0 atom stereocenters. The van der Waals surface area contributed by atoms with Gasteiger partial charge in [-0.2, -0.15) is 10.2 Å². The number of amides is 2. The molecule has 3 rings (SSSR count). The fraction of sp³-hybridized carbons (Fsp3) is 0.385. The molecule has 1 saturated carbocycles. The number of hydrogen-bond acceptors (Lipinski definition) is 4. The van der Waals surface area contributed by atoms with Gasteiger partial charge < -0.3 is 10.6 Å². The normalized spacial score (nSPS) is 14.0. The third-order valence-electron chi connectivity index (χ3n) is 3.21. The lowest BCUT2D eigenvalue weighted by Crippen LogP contribution is -2.29. The summed E-state index contributed by atoms with van der Waals surface area (Å²) in [5.74, 6) is -0.326. The van der Waals surface area contributed by atoms with E-state index in [1.165, 1.54) is 17.1 Å². The van der Waals surface area contributed by atoms with Crippen LogP contribution in [0.4, 0.5) is 5.69 Å². The number of carbonyl (C=O) groups excluding carboxylic acids is 2. The van der Waals surface area contributed by atoms with Crippen LogP contribution in [-0.2, 0) is 11.3 Å². The van der Waals surface area contributed by atoms with Gasteiger partial charge in [0.05, 0.1) is 23.6 Å². The maximum atomic E-state index is 12.0. The first-order valence-electron chi connectivity index (χ1n) is 6.75. The van der Waals surface area contributed by atoms with Crippen molar-refractivity contribution < 1.29 is 9.59 Å². The van der Waals surface area contributed by atoms with Crippen LogP contribution >= 0.6 is 0 Å². The molecule has 0 radical (unpaired) electrons. The van der Waals surface area contributed by atoms with Crippen molar-refractivity contribution in [1.29, 1.82) is 0 Å². The van der Waals surface area contributed by atoms with Crippen LogP contribution in [0.3, 0.4) is 0 Å². The first-order valence-corrected chi connectivity index (χ1v) is 6.75. The number of aromatic amines is 1. The molecule has 1 fully saturated rings. The van der Waals surface area contributed by atoms with Crippen molar-refractivity contribution in [2.45, 2.75) is 32.4 Å². The van der Waals surface area contributed by atoms with Crippen molar-refractivity contribution in [2.75, 3.05) is 5.32 Å². The number of carbonyl (C=O) groups is 2. The lowest BCUT2D eigenvalue weighted by Gasteiger charge is -2.03. The van der Waals surface area contributed by atoms with Crippen LogP contribution in [0.15, 0.2) is 18.6 Å². The fourth-order valence-electron chi connectivity index (χ4n) is 1.94. The van der Waals surface area contributed by atoms with E-state index in [4.69, 9.17) is 0 Å². The van der Waals surface area contributed by atoms with Gasteiger partial charge in [0, 0.05) is 17.9 Å². The molecule has 2 aromatic rings. The average Bonchev–Trinajstić information content (AvgIpc) is 2.95. The summed E-state index contributed by atoms with van der Waals surface area (Å²) >= 11 is 0. The molecule has 2 amide bonds. The Morgan fingerprint density at radius 3 is 2.90 bits per heavy atom. The molecule has 0 bridgehead atoms. The van der Waals surface area contributed by atoms with E-state index in [0.717, 1.165) is 12.8 Å². The highest BCUT2D eigenvalue weighted by Crippen LogP contribution is 2.18. The Morgan fingerprint density at radius 2 is 2.24 bits per heavy atom. The zero-order chi connectivity index (χ0) is 14.8. The van der Waals surface area contributed by atoms with Crippen molar-refractivity contribution in [1.82, 2.24) is 25.3 Å². The van der Waals surface area contributed by atoms with Crippen LogP contribution < -0.4 is 10.6 Å². The van der Waals surface area contributed by atoms with Crippen LogP contribution in [-0.4, -0.2) is 37.8 Å². The molecular weight excluding hydrogens is 272 g/mol. The van der Waals surface area contributed by atoms with Crippen LogP contribution in [0.2, 0.25) is 0 Å². The summed E-state index contributed by atoms with van der Waals surface area (Å²) in [6.45, 7) is 1.92. The molecule has 1 aliphatic rings. The Hall–Kier alpha value is -2.64. The standard InChI is InChI=1S/C13H16N6O2/c1-8-11(5-14-18-8)13(21)17-10-4-15-19(6-10)7-12(20)16-9-2-3-9/h4-6,9H,2-3,7H2,1H3,(H,14,18)(H,16,20)(H,17,21). The number of rotatable bonds is 5. The highest BCUT2D eigenvalue weighted by atomic mass is 16.2. The van der Waals surface area contributed by atoms with Gasteiger partial charge in [-0.25, -0.2) is 0 Å². The van der Waals surface area contributed by atoms with E-state index in [2.05, 4.69) is 25.9 Å². The smallest absolute Gasteiger partial charge is 0.259 e. The summed E-state index contributed by atoms with van der Waals surface area (Å²) in [6.07, 6.45) is 6.71. The van der Waals surface area contributed by atoms with E-state index < -0.39 is 0 Å². The van der Waals surface area contributed by atoms with Gasteiger partial charge in [-0.3, -0.25) is 19.4 Å². The number of anilines is 1. The molecule has 110 valence electrons. The van der Waals surface area contributed by atoms with E-state index in [1.54, 1.807) is 13.1 Å². The van der Waals surface area contributed by atoms with E-state index in [0.29, 0.717) is 23.0 Å². The molecule has 0 unspecified atom stereocenters. The lowest BCUT2D eigenvalue weighted by molar-refractivity contribution is -0.122. The van der Waals surface area contributed by atoms with Crippen LogP contribution in [0.1, 0.15) is 28.9 Å². The van der Waals surface area contributed by atoms with Crippen LogP contribution in [0.5, 0.6) is 0 Å². The molecule has 8 heteroatoms. The minimum Gasteiger partial charge on any atom is -0.352 e. The van der Waals surface area contributed by atoms with Crippen molar-refractivity contribution in [3.05, 3.63) is 29.8 Å². The minimum absolute atomic E-state index is 0.0656. The van der Waals surface area contributed by atoms with Crippen molar-refractivity contribution in [2.24, 2.45) is 0 Å². The number of hydrogen-bond donors (Lipinski definition) is 3. The Kier molecular flexibility index (Phi) is 3.43. The zero-order valence-electron chi connectivity index (χ0n) is 11.6. The Balaban J connectivity index is 1.58. The highest BCUT2D eigenvalue weighted by Gasteiger charge is 2.23. The molecule has 0 aromatic carbocycles. The van der Waals surface area contributed by atoms with Gasteiger partial charge in [0.25, 0.3) is 5.91 Å². The molecule has 21 heavy (non-hydrogen) atoms. The van der Waals surface area contributed by atoms with E-state index in [1.807, 2.05) is 0 Å². The van der Waals surface area contributed by atoms with Gasteiger partial charge in [0.2, 0.25) is 5.91 Å². The van der Waals surface area contributed by atoms with E-state index >= 15 is 0 Å². The quantitative estimate of drug-likeness (QED) is 0.742. The highest BCUT2D eigenvalue weighted by molar-refractivity contribution is 6.04. The predicted octanol–water partition coefficient (Wildman–Crippen LogP) is 0.446. The molecule has 2 heterocycles. The lowest BCUT2D eigenvalue weighted by atomic mass is 10.2. The molecule has 1 aliphatic carbocycles. The van der Waals surface area contributed by atoms with Gasteiger partial charge in [0.1, 0.15) is 6.54 Å². The Morgan fingerprint density at radius 1 is 1.43 bits per heavy atom.